The molecule has 0 saturated carbocycles. The molecule has 1 aromatic carbocycles. The van der Waals surface area contributed by atoms with Gasteiger partial charge in [-0.1, -0.05) is 12.1 Å². The molecule has 0 unspecified atom stereocenters. The van der Waals surface area contributed by atoms with Gasteiger partial charge in [-0.2, -0.15) is 8.42 Å². The SMILES string of the molecule is O=S(=O)(Oc1ccncn1)c1ccccc1F. The van der Waals surface area contributed by atoms with Gasteiger partial charge in [0.05, 0.1) is 0 Å². The summed E-state index contributed by atoms with van der Waals surface area (Å²) in [6.07, 6.45) is 2.45. The minimum absolute atomic E-state index is 0.164. The summed E-state index contributed by atoms with van der Waals surface area (Å²) in [6.45, 7) is 0. The van der Waals surface area contributed by atoms with Gasteiger partial charge in [0.1, 0.15) is 17.0 Å². The maximum atomic E-state index is 13.3. The molecule has 2 aromatic rings. The largest absolute Gasteiger partial charge is 0.358 e. The maximum absolute atomic E-state index is 13.3. The normalized spacial score (nSPS) is 11.1. The van der Waals surface area contributed by atoms with Crippen molar-refractivity contribution in [2.24, 2.45) is 0 Å². The van der Waals surface area contributed by atoms with Crippen LogP contribution in [0, 0.1) is 5.82 Å². The first-order valence-corrected chi connectivity index (χ1v) is 5.95. The van der Waals surface area contributed by atoms with E-state index in [2.05, 4.69) is 14.2 Å². The van der Waals surface area contributed by atoms with Crippen LogP contribution in [0.15, 0.2) is 47.8 Å². The summed E-state index contributed by atoms with van der Waals surface area (Å²) in [4.78, 5) is 6.66. The van der Waals surface area contributed by atoms with Crippen molar-refractivity contribution >= 4 is 10.1 Å². The smallest absolute Gasteiger partial charge is 0.343 e. The molecule has 0 aliphatic rings. The Labute approximate surface area is 97.0 Å². The molecule has 0 radical (unpaired) electrons. The van der Waals surface area contributed by atoms with Crippen molar-refractivity contribution in [3.63, 3.8) is 0 Å². The molecule has 0 aliphatic carbocycles. The number of aromatic nitrogens is 2. The first-order chi connectivity index (χ1) is 8.09. The number of rotatable bonds is 3. The van der Waals surface area contributed by atoms with Crippen LogP contribution in [0.4, 0.5) is 4.39 Å². The van der Waals surface area contributed by atoms with Crippen LogP contribution >= 0.6 is 0 Å². The van der Waals surface area contributed by atoms with Gasteiger partial charge in [0.15, 0.2) is 0 Å². The van der Waals surface area contributed by atoms with Crippen LogP contribution in [0.2, 0.25) is 0 Å². The minimum Gasteiger partial charge on any atom is -0.358 e. The highest BCUT2D eigenvalue weighted by Crippen LogP contribution is 2.18. The molecule has 5 nitrogen and oxygen atoms in total. The standard InChI is InChI=1S/C10H7FN2O3S/c11-8-3-1-2-4-9(8)17(14,15)16-10-5-6-12-7-13-10/h1-7H. The molecule has 0 saturated heterocycles. The highest BCUT2D eigenvalue weighted by atomic mass is 32.2. The second kappa shape index (κ2) is 4.46. The predicted octanol–water partition coefficient (Wildman–Crippen LogP) is 1.38. The van der Waals surface area contributed by atoms with Gasteiger partial charge in [-0.05, 0) is 12.1 Å². The zero-order valence-corrected chi connectivity index (χ0v) is 9.26. The summed E-state index contributed by atoms with van der Waals surface area (Å²) in [7, 11) is -4.21. The second-order valence-corrected chi connectivity index (χ2v) is 4.53. The average molecular weight is 254 g/mol. The molecule has 1 heterocycles. The van der Waals surface area contributed by atoms with Crippen molar-refractivity contribution in [1.29, 1.82) is 0 Å². The molecule has 17 heavy (non-hydrogen) atoms. The fourth-order valence-corrected chi connectivity index (χ4v) is 2.10. The van der Waals surface area contributed by atoms with Gasteiger partial charge < -0.3 is 4.18 Å². The summed E-state index contributed by atoms with van der Waals surface area (Å²) in [6, 6.07) is 6.21. The quantitative estimate of drug-likeness (QED) is 0.774. The van der Waals surface area contributed by atoms with E-state index in [1.165, 1.54) is 24.4 Å². The number of hydrogen-bond acceptors (Lipinski definition) is 5. The van der Waals surface area contributed by atoms with Gasteiger partial charge in [0.2, 0.25) is 5.88 Å². The molecular weight excluding hydrogens is 247 g/mol. The number of nitrogens with zero attached hydrogens (tertiary/aromatic N) is 2. The Hall–Kier alpha value is -2.02. The van der Waals surface area contributed by atoms with E-state index in [1.54, 1.807) is 0 Å². The first-order valence-electron chi connectivity index (χ1n) is 4.54. The number of halogens is 1. The fourth-order valence-electron chi connectivity index (χ4n) is 1.13. The van der Waals surface area contributed by atoms with E-state index in [-0.39, 0.29) is 5.88 Å². The average Bonchev–Trinajstić information content (AvgIpc) is 2.30. The molecule has 7 heteroatoms. The van der Waals surface area contributed by atoms with E-state index in [9.17, 15) is 12.8 Å². The van der Waals surface area contributed by atoms with Crippen LogP contribution in [-0.2, 0) is 10.1 Å². The maximum Gasteiger partial charge on any atom is 0.343 e. The van der Waals surface area contributed by atoms with E-state index in [4.69, 9.17) is 0 Å². The van der Waals surface area contributed by atoms with Crippen molar-refractivity contribution in [2.45, 2.75) is 4.90 Å². The minimum atomic E-state index is -4.21. The molecule has 0 atom stereocenters. The van der Waals surface area contributed by atoms with Crippen LogP contribution in [0.3, 0.4) is 0 Å². The molecule has 0 aliphatic heterocycles. The van der Waals surface area contributed by atoms with E-state index < -0.39 is 20.8 Å². The van der Waals surface area contributed by atoms with Crippen LogP contribution in [0.5, 0.6) is 5.88 Å². The lowest BCUT2D eigenvalue weighted by Gasteiger charge is -2.05. The Morgan fingerprint density at radius 2 is 1.94 bits per heavy atom. The van der Waals surface area contributed by atoms with Crippen molar-refractivity contribution in [3.05, 3.63) is 48.7 Å². The first kappa shape index (κ1) is 11.5. The molecular formula is C10H7FN2O3S. The molecule has 88 valence electrons. The second-order valence-electron chi connectivity index (χ2n) is 3.02. The molecule has 0 amide bonds. The Morgan fingerprint density at radius 3 is 2.59 bits per heavy atom. The van der Waals surface area contributed by atoms with Crippen molar-refractivity contribution in [3.8, 4) is 5.88 Å². The number of benzene rings is 1. The zero-order chi connectivity index (χ0) is 12.3. The Balaban J connectivity index is 2.36. The Kier molecular flexibility index (Phi) is 3.01. The van der Waals surface area contributed by atoms with Crippen LogP contribution in [-0.4, -0.2) is 18.4 Å². The Morgan fingerprint density at radius 1 is 1.18 bits per heavy atom. The number of hydrogen-bond donors (Lipinski definition) is 0. The summed E-state index contributed by atoms with van der Waals surface area (Å²) in [5.41, 5.74) is 0. The van der Waals surface area contributed by atoms with Crippen LogP contribution < -0.4 is 4.18 Å². The van der Waals surface area contributed by atoms with Gasteiger partial charge in [-0.15, -0.1) is 0 Å². The predicted molar refractivity (Wildman–Crippen MR) is 56.2 cm³/mol. The Bertz CT molecular complexity index is 616. The monoisotopic (exact) mass is 254 g/mol. The van der Waals surface area contributed by atoms with Crippen molar-refractivity contribution < 1.29 is 17.0 Å². The lowest BCUT2D eigenvalue weighted by molar-refractivity contribution is 0.467. The van der Waals surface area contributed by atoms with Gasteiger partial charge in [0, 0.05) is 12.3 Å². The van der Waals surface area contributed by atoms with E-state index in [0.29, 0.717) is 0 Å². The third kappa shape index (κ3) is 2.56. The van der Waals surface area contributed by atoms with E-state index >= 15 is 0 Å². The van der Waals surface area contributed by atoms with Crippen LogP contribution in [0.1, 0.15) is 0 Å². The molecule has 0 spiro atoms. The third-order valence-electron chi connectivity index (χ3n) is 1.86. The van der Waals surface area contributed by atoms with E-state index in [1.807, 2.05) is 0 Å². The van der Waals surface area contributed by atoms with Crippen LogP contribution in [0.25, 0.3) is 0 Å². The third-order valence-corrected chi connectivity index (χ3v) is 3.12. The fraction of sp³-hybridized carbons (Fsp3) is 0. The molecule has 2 rings (SSSR count). The lowest BCUT2D eigenvalue weighted by Crippen LogP contribution is -2.12. The summed E-state index contributed by atoms with van der Waals surface area (Å²) in [5, 5.41) is 0. The summed E-state index contributed by atoms with van der Waals surface area (Å²) in [5.74, 6) is -1.04. The van der Waals surface area contributed by atoms with Crippen molar-refractivity contribution in [2.75, 3.05) is 0 Å². The van der Waals surface area contributed by atoms with Crippen molar-refractivity contribution in [1.82, 2.24) is 9.97 Å². The molecule has 0 bridgehead atoms. The highest BCUT2D eigenvalue weighted by Gasteiger charge is 2.21. The lowest BCUT2D eigenvalue weighted by atomic mass is 10.4. The highest BCUT2D eigenvalue weighted by molar-refractivity contribution is 7.87. The van der Waals surface area contributed by atoms with Gasteiger partial charge >= 0.3 is 10.1 Å². The summed E-state index contributed by atoms with van der Waals surface area (Å²) >= 11 is 0. The van der Waals surface area contributed by atoms with Gasteiger partial charge in [-0.25, -0.2) is 14.4 Å². The molecule has 0 fully saturated rings. The summed E-state index contributed by atoms with van der Waals surface area (Å²) < 4.78 is 41.3. The molecule has 1 aromatic heterocycles. The zero-order valence-electron chi connectivity index (χ0n) is 8.45. The molecule has 0 N–H and O–H groups in total. The van der Waals surface area contributed by atoms with Gasteiger partial charge in [-0.3, -0.25) is 0 Å². The van der Waals surface area contributed by atoms with E-state index in [0.717, 1.165) is 18.5 Å². The topological polar surface area (TPSA) is 69.2 Å². The van der Waals surface area contributed by atoms with Gasteiger partial charge in [0.25, 0.3) is 0 Å².